The number of amides is 1. The number of likely N-dealkylation sites (N-methyl/N-ethyl adjacent to an activating group) is 1. The van der Waals surface area contributed by atoms with Gasteiger partial charge in [-0.1, -0.05) is 29.8 Å². The number of aryl methyl sites for hydroxylation is 2. The van der Waals surface area contributed by atoms with Crippen LogP contribution in [0.1, 0.15) is 11.1 Å². The molecule has 0 bridgehead atoms. The van der Waals surface area contributed by atoms with Crippen molar-refractivity contribution in [2.45, 2.75) is 20.0 Å². The molecule has 0 spiro atoms. The van der Waals surface area contributed by atoms with Gasteiger partial charge in [0.25, 0.3) is 0 Å². The molecule has 5 nitrogen and oxygen atoms in total. The minimum Gasteiger partial charge on any atom is -0.486 e. The number of anilines is 1. The lowest BCUT2D eigenvalue weighted by molar-refractivity contribution is -0.117. The fourth-order valence-electron chi connectivity index (χ4n) is 2.95. The van der Waals surface area contributed by atoms with Gasteiger partial charge in [-0.2, -0.15) is 0 Å². The number of ether oxygens (including phenoxy) is 2. The van der Waals surface area contributed by atoms with Gasteiger partial charge in [-0.15, -0.1) is 0 Å². The van der Waals surface area contributed by atoms with Gasteiger partial charge in [-0.3, -0.25) is 9.69 Å². The van der Waals surface area contributed by atoms with Crippen LogP contribution in [-0.2, 0) is 4.79 Å². The van der Waals surface area contributed by atoms with Crippen molar-refractivity contribution in [3.05, 3.63) is 53.6 Å². The van der Waals surface area contributed by atoms with E-state index in [4.69, 9.17) is 9.47 Å². The van der Waals surface area contributed by atoms with Crippen molar-refractivity contribution in [2.75, 3.05) is 32.1 Å². The molecular weight excluding hydrogens is 316 g/mol. The first kappa shape index (κ1) is 17.3. The maximum atomic E-state index is 12.3. The topological polar surface area (TPSA) is 50.8 Å². The van der Waals surface area contributed by atoms with Crippen molar-refractivity contribution in [1.82, 2.24) is 4.90 Å². The van der Waals surface area contributed by atoms with Gasteiger partial charge in [-0.25, -0.2) is 0 Å². The number of para-hydroxylation sites is 2. The average molecular weight is 340 g/mol. The van der Waals surface area contributed by atoms with Gasteiger partial charge in [0.2, 0.25) is 5.91 Å². The van der Waals surface area contributed by atoms with E-state index in [1.807, 2.05) is 62.2 Å². The molecule has 0 aliphatic carbocycles. The number of nitrogens with one attached hydrogen (secondary N) is 1. The minimum absolute atomic E-state index is 0.0356. The van der Waals surface area contributed by atoms with Gasteiger partial charge in [0, 0.05) is 12.2 Å². The van der Waals surface area contributed by atoms with Gasteiger partial charge in [-0.05, 0) is 44.7 Å². The summed E-state index contributed by atoms with van der Waals surface area (Å²) in [6.07, 6.45) is -0.0891. The van der Waals surface area contributed by atoms with Crippen LogP contribution >= 0.6 is 0 Å². The van der Waals surface area contributed by atoms with Gasteiger partial charge in [0.15, 0.2) is 11.5 Å². The molecule has 5 heteroatoms. The SMILES string of the molecule is Cc1ccc(NC(=O)CN(C)CC2COc3ccccc3O2)c(C)c1. The Bertz CT molecular complexity index is 760. The second-order valence-corrected chi connectivity index (χ2v) is 6.56. The van der Waals surface area contributed by atoms with Crippen molar-refractivity contribution >= 4 is 11.6 Å². The van der Waals surface area contributed by atoms with Crippen LogP contribution in [0.5, 0.6) is 11.5 Å². The molecule has 3 rings (SSSR count). The smallest absolute Gasteiger partial charge is 0.238 e. The van der Waals surface area contributed by atoms with Crippen LogP contribution in [0.15, 0.2) is 42.5 Å². The van der Waals surface area contributed by atoms with Crippen LogP contribution in [0.4, 0.5) is 5.69 Å². The lowest BCUT2D eigenvalue weighted by Crippen LogP contribution is -2.42. The molecule has 132 valence electrons. The van der Waals surface area contributed by atoms with E-state index in [2.05, 4.69) is 11.4 Å². The zero-order valence-corrected chi connectivity index (χ0v) is 14.9. The van der Waals surface area contributed by atoms with E-state index < -0.39 is 0 Å². The molecule has 1 amide bonds. The van der Waals surface area contributed by atoms with E-state index in [-0.39, 0.29) is 12.0 Å². The Morgan fingerprint density at radius 3 is 2.72 bits per heavy atom. The lowest BCUT2D eigenvalue weighted by atomic mass is 10.1. The van der Waals surface area contributed by atoms with Crippen molar-refractivity contribution in [3.63, 3.8) is 0 Å². The van der Waals surface area contributed by atoms with Crippen molar-refractivity contribution in [2.24, 2.45) is 0 Å². The highest BCUT2D eigenvalue weighted by atomic mass is 16.6. The van der Waals surface area contributed by atoms with Gasteiger partial charge in [0.1, 0.15) is 12.7 Å². The maximum absolute atomic E-state index is 12.3. The molecule has 1 heterocycles. The van der Waals surface area contributed by atoms with E-state index in [1.54, 1.807) is 0 Å². The van der Waals surface area contributed by atoms with E-state index in [0.717, 1.165) is 22.7 Å². The molecule has 0 saturated heterocycles. The first-order chi connectivity index (χ1) is 12.0. The Labute approximate surface area is 148 Å². The number of benzene rings is 2. The molecule has 0 fully saturated rings. The predicted molar refractivity (Wildman–Crippen MR) is 98.4 cm³/mol. The summed E-state index contributed by atoms with van der Waals surface area (Å²) in [4.78, 5) is 14.2. The monoisotopic (exact) mass is 340 g/mol. The minimum atomic E-state index is -0.0891. The molecule has 1 N–H and O–H groups in total. The number of fused-ring (bicyclic) bond motifs is 1. The second-order valence-electron chi connectivity index (χ2n) is 6.56. The molecule has 1 aliphatic heterocycles. The fraction of sp³-hybridized carbons (Fsp3) is 0.350. The van der Waals surface area contributed by atoms with Crippen LogP contribution in [0, 0.1) is 13.8 Å². The molecule has 0 radical (unpaired) electrons. The molecule has 25 heavy (non-hydrogen) atoms. The maximum Gasteiger partial charge on any atom is 0.238 e. The number of hydrogen-bond acceptors (Lipinski definition) is 4. The van der Waals surface area contributed by atoms with Crippen LogP contribution in [0.25, 0.3) is 0 Å². The number of rotatable bonds is 5. The van der Waals surface area contributed by atoms with Crippen LogP contribution < -0.4 is 14.8 Å². The first-order valence-corrected chi connectivity index (χ1v) is 8.45. The average Bonchev–Trinajstić information content (AvgIpc) is 2.57. The molecule has 1 atom stereocenters. The highest BCUT2D eigenvalue weighted by Crippen LogP contribution is 2.30. The van der Waals surface area contributed by atoms with Crippen LogP contribution in [-0.4, -0.2) is 43.7 Å². The third-order valence-electron chi connectivity index (χ3n) is 4.15. The first-order valence-electron chi connectivity index (χ1n) is 8.45. The van der Waals surface area contributed by atoms with Crippen molar-refractivity contribution < 1.29 is 14.3 Å². The lowest BCUT2D eigenvalue weighted by Gasteiger charge is -2.29. The molecule has 1 aliphatic rings. The quantitative estimate of drug-likeness (QED) is 0.909. The standard InChI is InChI=1S/C20H24N2O3/c1-14-8-9-17(15(2)10-14)21-20(23)12-22(3)11-16-13-24-18-6-4-5-7-19(18)25-16/h4-10,16H,11-13H2,1-3H3,(H,21,23). The van der Waals surface area contributed by atoms with E-state index in [9.17, 15) is 4.79 Å². The predicted octanol–water partition coefficient (Wildman–Crippen LogP) is 3.01. The number of hydrogen-bond donors (Lipinski definition) is 1. The van der Waals surface area contributed by atoms with Gasteiger partial charge in [0.05, 0.1) is 6.54 Å². The number of nitrogens with zero attached hydrogens (tertiary/aromatic N) is 1. The summed E-state index contributed by atoms with van der Waals surface area (Å²) in [5.41, 5.74) is 3.11. The Morgan fingerprint density at radius 2 is 1.96 bits per heavy atom. The Kier molecular flexibility index (Phi) is 5.24. The number of carbonyl (C=O) groups excluding carboxylic acids is 1. The summed E-state index contributed by atoms with van der Waals surface area (Å²) >= 11 is 0. The normalized spacial score (nSPS) is 15.9. The van der Waals surface area contributed by atoms with E-state index in [0.29, 0.717) is 19.7 Å². The highest BCUT2D eigenvalue weighted by Gasteiger charge is 2.22. The molecule has 2 aromatic carbocycles. The van der Waals surface area contributed by atoms with E-state index >= 15 is 0 Å². The molecule has 1 unspecified atom stereocenters. The molecule has 0 aromatic heterocycles. The Morgan fingerprint density at radius 1 is 1.20 bits per heavy atom. The largest absolute Gasteiger partial charge is 0.486 e. The summed E-state index contributed by atoms with van der Waals surface area (Å²) < 4.78 is 11.6. The fourth-order valence-corrected chi connectivity index (χ4v) is 2.95. The summed E-state index contributed by atoms with van der Waals surface area (Å²) in [6.45, 7) is 5.44. The summed E-state index contributed by atoms with van der Waals surface area (Å²) in [7, 11) is 1.91. The van der Waals surface area contributed by atoms with E-state index in [1.165, 1.54) is 5.56 Å². The molecule has 2 aromatic rings. The summed E-state index contributed by atoms with van der Waals surface area (Å²) in [5, 5.41) is 2.97. The zero-order valence-electron chi connectivity index (χ0n) is 14.9. The van der Waals surface area contributed by atoms with Gasteiger partial charge >= 0.3 is 0 Å². The van der Waals surface area contributed by atoms with Gasteiger partial charge < -0.3 is 14.8 Å². The summed E-state index contributed by atoms with van der Waals surface area (Å²) in [5.74, 6) is 1.49. The van der Waals surface area contributed by atoms with Crippen molar-refractivity contribution in [3.8, 4) is 11.5 Å². The zero-order chi connectivity index (χ0) is 17.8. The van der Waals surface area contributed by atoms with Crippen molar-refractivity contribution in [1.29, 1.82) is 0 Å². The highest BCUT2D eigenvalue weighted by molar-refractivity contribution is 5.92. The third-order valence-corrected chi connectivity index (χ3v) is 4.15. The Hall–Kier alpha value is -2.53. The summed E-state index contributed by atoms with van der Waals surface area (Å²) in [6, 6.07) is 13.6. The third kappa shape index (κ3) is 4.51. The second kappa shape index (κ2) is 7.57. The molecular formula is C20H24N2O3. The van der Waals surface area contributed by atoms with Crippen LogP contribution in [0.3, 0.4) is 0 Å². The van der Waals surface area contributed by atoms with Crippen LogP contribution in [0.2, 0.25) is 0 Å². The molecule has 0 saturated carbocycles. The number of carbonyl (C=O) groups is 1. The Balaban J connectivity index is 1.51.